The molecular formula is C19H24N2O2. The molecule has 0 heterocycles. The summed E-state index contributed by atoms with van der Waals surface area (Å²) in [5.41, 5.74) is 4.56. The van der Waals surface area contributed by atoms with Crippen molar-refractivity contribution in [3.8, 4) is 0 Å². The molecule has 0 saturated heterocycles. The second kappa shape index (κ2) is 7.29. The van der Waals surface area contributed by atoms with Gasteiger partial charge in [0.15, 0.2) is 0 Å². The molecule has 0 aliphatic heterocycles. The Bertz CT molecular complexity index is 696. The molecule has 1 unspecified atom stereocenters. The van der Waals surface area contributed by atoms with E-state index in [9.17, 15) is 9.90 Å². The van der Waals surface area contributed by atoms with E-state index in [1.54, 1.807) is 19.0 Å². The Hall–Kier alpha value is -2.33. The highest BCUT2D eigenvalue weighted by atomic mass is 16.3. The van der Waals surface area contributed by atoms with Crippen molar-refractivity contribution in [2.45, 2.75) is 26.5 Å². The largest absolute Gasteiger partial charge is 0.392 e. The van der Waals surface area contributed by atoms with Crippen molar-refractivity contribution in [3.05, 3.63) is 64.7 Å². The van der Waals surface area contributed by atoms with Crippen LogP contribution >= 0.6 is 0 Å². The highest BCUT2D eigenvalue weighted by Crippen LogP contribution is 2.23. The smallest absolute Gasteiger partial charge is 0.253 e. The first kappa shape index (κ1) is 17.0. The first-order chi connectivity index (χ1) is 10.9. The fraction of sp³-hybridized carbons (Fsp3) is 0.316. The van der Waals surface area contributed by atoms with Gasteiger partial charge >= 0.3 is 0 Å². The molecule has 0 fully saturated rings. The zero-order valence-corrected chi connectivity index (χ0v) is 14.1. The molecule has 0 aliphatic carbocycles. The molecule has 0 spiro atoms. The monoisotopic (exact) mass is 312 g/mol. The minimum Gasteiger partial charge on any atom is -0.392 e. The standard InChI is InChI=1S/C19H24N2O2/c1-13-8-9-17(11-18(13)19(23)21(3)4)20-14(2)16-7-5-6-15(10-16)12-22/h5-11,14,20,22H,12H2,1-4H3. The second-order valence-electron chi connectivity index (χ2n) is 6.00. The van der Waals surface area contributed by atoms with Crippen LogP contribution in [0.15, 0.2) is 42.5 Å². The third-order valence-electron chi connectivity index (χ3n) is 3.89. The van der Waals surface area contributed by atoms with E-state index in [2.05, 4.69) is 12.2 Å². The van der Waals surface area contributed by atoms with Gasteiger partial charge in [-0.05, 0) is 42.7 Å². The number of hydrogen-bond donors (Lipinski definition) is 2. The minimum absolute atomic E-state index is 0.00100. The summed E-state index contributed by atoms with van der Waals surface area (Å²) in [5.74, 6) is 0.00100. The van der Waals surface area contributed by atoms with E-state index in [1.807, 2.05) is 49.4 Å². The van der Waals surface area contributed by atoms with Crippen molar-refractivity contribution < 1.29 is 9.90 Å². The maximum Gasteiger partial charge on any atom is 0.253 e. The Labute approximate surface area is 137 Å². The number of carbonyl (C=O) groups excluding carboxylic acids is 1. The average Bonchev–Trinajstić information content (AvgIpc) is 2.55. The lowest BCUT2D eigenvalue weighted by Gasteiger charge is -2.19. The molecule has 1 atom stereocenters. The topological polar surface area (TPSA) is 52.6 Å². The van der Waals surface area contributed by atoms with Gasteiger partial charge in [0.1, 0.15) is 0 Å². The van der Waals surface area contributed by atoms with E-state index < -0.39 is 0 Å². The molecule has 1 amide bonds. The van der Waals surface area contributed by atoms with Crippen LogP contribution < -0.4 is 5.32 Å². The summed E-state index contributed by atoms with van der Waals surface area (Å²) in [6.45, 7) is 4.03. The summed E-state index contributed by atoms with van der Waals surface area (Å²) >= 11 is 0. The van der Waals surface area contributed by atoms with Gasteiger partial charge < -0.3 is 15.3 Å². The normalized spacial score (nSPS) is 11.9. The van der Waals surface area contributed by atoms with Gasteiger partial charge in [0.25, 0.3) is 5.91 Å². The first-order valence-corrected chi connectivity index (χ1v) is 7.71. The number of aliphatic hydroxyl groups excluding tert-OH is 1. The Kier molecular flexibility index (Phi) is 5.40. The molecule has 4 nitrogen and oxygen atoms in total. The van der Waals surface area contributed by atoms with Gasteiger partial charge in [0, 0.05) is 31.4 Å². The summed E-state index contributed by atoms with van der Waals surface area (Å²) in [6, 6.07) is 13.8. The van der Waals surface area contributed by atoms with E-state index in [1.165, 1.54) is 0 Å². The number of nitrogens with zero attached hydrogens (tertiary/aromatic N) is 1. The van der Waals surface area contributed by atoms with Crippen LogP contribution in [0, 0.1) is 6.92 Å². The highest BCUT2D eigenvalue weighted by Gasteiger charge is 2.13. The van der Waals surface area contributed by atoms with Crippen molar-refractivity contribution in [1.82, 2.24) is 4.90 Å². The van der Waals surface area contributed by atoms with Gasteiger partial charge in [-0.25, -0.2) is 0 Å². The quantitative estimate of drug-likeness (QED) is 0.890. The summed E-state index contributed by atoms with van der Waals surface area (Å²) in [5, 5.41) is 12.7. The molecule has 2 aromatic carbocycles. The molecule has 0 bridgehead atoms. The van der Waals surface area contributed by atoms with E-state index in [0.29, 0.717) is 5.56 Å². The Morgan fingerprint density at radius 2 is 1.96 bits per heavy atom. The van der Waals surface area contributed by atoms with E-state index in [-0.39, 0.29) is 18.6 Å². The fourth-order valence-corrected chi connectivity index (χ4v) is 2.48. The number of anilines is 1. The lowest BCUT2D eigenvalue weighted by molar-refractivity contribution is 0.0827. The molecule has 0 radical (unpaired) electrons. The van der Waals surface area contributed by atoms with Crippen molar-refractivity contribution in [2.24, 2.45) is 0 Å². The van der Waals surface area contributed by atoms with Crippen molar-refractivity contribution in [2.75, 3.05) is 19.4 Å². The molecule has 4 heteroatoms. The number of carbonyl (C=O) groups is 1. The average molecular weight is 312 g/mol. The van der Waals surface area contributed by atoms with Gasteiger partial charge in [-0.1, -0.05) is 30.3 Å². The number of aliphatic hydroxyl groups is 1. The van der Waals surface area contributed by atoms with Gasteiger partial charge in [-0.15, -0.1) is 0 Å². The molecule has 0 saturated carbocycles. The Morgan fingerprint density at radius 1 is 1.22 bits per heavy atom. The van der Waals surface area contributed by atoms with Gasteiger partial charge in [-0.2, -0.15) is 0 Å². The number of hydrogen-bond acceptors (Lipinski definition) is 3. The fourth-order valence-electron chi connectivity index (χ4n) is 2.48. The van der Waals surface area contributed by atoms with Crippen molar-refractivity contribution in [3.63, 3.8) is 0 Å². The second-order valence-corrected chi connectivity index (χ2v) is 6.00. The molecule has 2 N–H and O–H groups in total. The maximum absolute atomic E-state index is 12.2. The molecule has 122 valence electrons. The predicted molar refractivity (Wildman–Crippen MR) is 93.6 cm³/mol. The molecule has 2 rings (SSSR count). The maximum atomic E-state index is 12.2. The lowest BCUT2D eigenvalue weighted by Crippen LogP contribution is -2.22. The molecule has 0 aliphatic rings. The third-order valence-corrected chi connectivity index (χ3v) is 3.89. The van der Waals surface area contributed by atoms with E-state index >= 15 is 0 Å². The summed E-state index contributed by atoms with van der Waals surface area (Å²) < 4.78 is 0. The number of amides is 1. The van der Waals surface area contributed by atoms with Crippen LogP contribution in [0.1, 0.15) is 40.0 Å². The lowest BCUT2D eigenvalue weighted by atomic mass is 10.0. The number of aryl methyl sites for hydroxylation is 1. The van der Waals surface area contributed by atoms with Crippen LogP contribution in [0.5, 0.6) is 0 Å². The molecule has 0 aromatic heterocycles. The van der Waals surface area contributed by atoms with E-state index in [4.69, 9.17) is 0 Å². The third kappa shape index (κ3) is 4.11. The van der Waals surface area contributed by atoms with Crippen LogP contribution in [0.2, 0.25) is 0 Å². The van der Waals surface area contributed by atoms with Crippen LogP contribution in [0.25, 0.3) is 0 Å². The predicted octanol–water partition coefficient (Wildman–Crippen LogP) is 3.36. The van der Waals surface area contributed by atoms with Crippen LogP contribution in [-0.2, 0) is 6.61 Å². The zero-order chi connectivity index (χ0) is 17.0. The SMILES string of the molecule is Cc1ccc(NC(C)c2cccc(CO)c2)cc1C(=O)N(C)C. The Morgan fingerprint density at radius 3 is 2.61 bits per heavy atom. The molecular weight excluding hydrogens is 288 g/mol. The summed E-state index contributed by atoms with van der Waals surface area (Å²) in [7, 11) is 3.51. The van der Waals surface area contributed by atoms with Gasteiger partial charge in [0.2, 0.25) is 0 Å². The van der Waals surface area contributed by atoms with Crippen molar-refractivity contribution >= 4 is 11.6 Å². The molecule has 23 heavy (non-hydrogen) atoms. The van der Waals surface area contributed by atoms with Crippen LogP contribution in [0.4, 0.5) is 5.69 Å². The Balaban J connectivity index is 2.22. The number of rotatable bonds is 5. The van der Waals surface area contributed by atoms with Gasteiger partial charge in [0.05, 0.1) is 6.61 Å². The highest BCUT2D eigenvalue weighted by molar-refractivity contribution is 5.96. The van der Waals surface area contributed by atoms with Crippen LogP contribution in [0.3, 0.4) is 0 Å². The summed E-state index contributed by atoms with van der Waals surface area (Å²) in [4.78, 5) is 13.8. The van der Waals surface area contributed by atoms with Gasteiger partial charge in [-0.3, -0.25) is 4.79 Å². The number of benzene rings is 2. The van der Waals surface area contributed by atoms with Crippen molar-refractivity contribution in [1.29, 1.82) is 0 Å². The van der Waals surface area contributed by atoms with E-state index in [0.717, 1.165) is 22.4 Å². The van der Waals surface area contributed by atoms with Crippen LogP contribution in [-0.4, -0.2) is 30.0 Å². The minimum atomic E-state index is 0.00100. The molecule has 2 aromatic rings. The summed E-state index contributed by atoms with van der Waals surface area (Å²) in [6.07, 6.45) is 0. The number of nitrogens with one attached hydrogen (secondary N) is 1. The first-order valence-electron chi connectivity index (χ1n) is 7.71. The zero-order valence-electron chi connectivity index (χ0n) is 14.1.